The van der Waals surface area contributed by atoms with Gasteiger partial charge in [-0.2, -0.15) is 0 Å². The van der Waals surface area contributed by atoms with Gasteiger partial charge in [0, 0.05) is 22.5 Å². The average molecular weight is 254 g/mol. The molecule has 2 aromatic heterocycles. The van der Waals surface area contributed by atoms with Crippen LogP contribution < -0.4 is 5.56 Å². The van der Waals surface area contributed by atoms with E-state index < -0.39 is 5.97 Å². The van der Waals surface area contributed by atoms with Crippen LogP contribution in [0.25, 0.3) is 21.7 Å². The quantitative estimate of drug-likeness (QED) is 0.531. The molecule has 0 aliphatic rings. The highest BCUT2D eigenvalue weighted by atomic mass is 16.5. The summed E-state index contributed by atoms with van der Waals surface area (Å²) in [6, 6.07) is 8.99. The van der Waals surface area contributed by atoms with Gasteiger partial charge in [-0.25, -0.2) is 9.78 Å². The fraction of sp³-hybridized carbons (Fsp3) is 0.0714. The van der Waals surface area contributed by atoms with E-state index in [2.05, 4.69) is 14.7 Å². The van der Waals surface area contributed by atoms with Crippen molar-refractivity contribution in [1.29, 1.82) is 0 Å². The molecular weight excluding hydrogens is 244 g/mol. The Labute approximate surface area is 107 Å². The van der Waals surface area contributed by atoms with Crippen LogP contribution in [0, 0.1) is 0 Å². The topological polar surface area (TPSA) is 72.0 Å². The predicted octanol–water partition coefficient (Wildman–Crippen LogP) is 1.86. The Bertz CT molecular complexity index is 852. The lowest BCUT2D eigenvalue weighted by atomic mass is 10.1. The fourth-order valence-electron chi connectivity index (χ4n) is 2.09. The minimum absolute atomic E-state index is 0.186. The van der Waals surface area contributed by atoms with Crippen LogP contribution in [0.3, 0.4) is 0 Å². The van der Waals surface area contributed by atoms with Crippen molar-refractivity contribution >= 4 is 27.6 Å². The van der Waals surface area contributed by atoms with E-state index in [1.165, 1.54) is 13.3 Å². The van der Waals surface area contributed by atoms with Crippen LogP contribution in [0.5, 0.6) is 0 Å². The number of carbonyl (C=O) groups excluding carboxylic acids is 1. The number of nitrogens with one attached hydrogen (secondary N) is 1. The van der Waals surface area contributed by atoms with Gasteiger partial charge in [-0.1, -0.05) is 18.2 Å². The second-order valence-corrected chi connectivity index (χ2v) is 4.11. The molecule has 0 aliphatic carbocycles. The number of ether oxygens (including phenoxy) is 1. The maximum absolute atomic E-state index is 11.9. The van der Waals surface area contributed by atoms with E-state index in [1.807, 2.05) is 24.3 Å². The van der Waals surface area contributed by atoms with E-state index in [0.29, 0.717) is 10.8 Å². The normalized spacial score (nSPS) is 10.8. The van der Waals surface area contributed by atoms with E-state index in [-0.39, 0.29) is 11.3 Å². The third-order valence-electron chi connectivity index (χ3n) is 3.01. The molecule has 3 rings (SSSR count). The Morgan fingerprint density at radius 3 is 2.79 bits per heavy atom. The first-order chi connectivity index (χ1) is 9.20. The second kappa shape index (κ2) is 4.20. The average Bonchev–Trinajstić information content (AvgIpc) is 2.46. The molecule has 5 heteroatoms. The molecule has 1 N–H and O–H groups in total. The zero-order chi connectivity index (χ0) is 13.4. The summed E-state index contributed by atoms with van der Waals surface area (Å²) in [7, 11) is 1.30. The van der Waals surface area contributed by atoms with E-state index in [0.717, 1.165) is 10.9 Å². The van der Waals surface area contributed by atoms with Crippen molar-refractivity contribution in [3.8, 4) is 0 Å². The third-order valence-corrected chi connectivity index (χ3v) is 3.01. The summed E-state index contributed by atoms with van der Waals surface area (Å²) in [5, 5.41) is 2.01. The van der Waals surface area contributed by atoms with Crippen LogP contribution in [-0.2, 0) is 4.74 Å². The van der Waals surface area contributed by atoms with Crippen LogP contribution >= 0.6 is 0 Å². The molecule has 19 heavy (non-hydrogen) atoms. The molecule has 0 radical (unpaired) electrons. The molecule has 3 aromatic rings. The van der Waals surface area contributed by atoms with Gasteiger partial charge in [-0.15, -0.1) is 0 Å². The first kappa shape index (κ1) is 11.4. The lowest BCUT2D eigenvalue weighted by Crippen LogP contribution is -2.09. The number of benzene rings is 1. The molecule has 0 fully saturated rings. The molecule has 0 saturated carbocycles. The Morgan fingerprint density at radius 2 is 2.00 bits per heavy atom. The number of H-pyrrole nitrogens is 1. The lowest BCUT2D eigenvalue weighted by Gasteiger charge is -2.04. The number of fused-ring (bicyclic) bond motifs is 3. The van der Waals surface area contributed by atoms with E-state index in [9.17, 15) is 9.59 Å². The number of aromatic amines is 1. The number of carbonyl (C=O) groups is 1. The number of aromatic nitrogens is 2. The van der Waals surface area contributed by atoms with Crippen molar-refractivity contribution in [3.63, 3.8) is 0 Å². The molecule has 1 aromatic carbocycles. The highest BCUT2D eigenvalue weighted by Gasteiger charge is 2.11. The van der Waals surface area contributed by atoms with Crippen molar-refractivity contribution in [2.24, 2.45) is 0 Å². The summed E-state index contributed by atoms with van der Waals surface area (Å²) >= 11 is 0. The molecule has 0 bridgehead atoms. The maximum atomic E-state index is 11.9. The van der Waals surface area contributed by atoms with Gasteiger partial charge in [-0.3, -0.25) is 4.79 Å². The minimum Gasteiger partial charge on any atom is -0.464 e. The highest BCUT2D eigenvalue weighted by Crippen LogP contribution is 2.21. The van der Waals surface area contributed by atoms with Crippen molar-refractivity contribution in [2.75, 3.05) is 7.11 Å². The number of hydrogen-bond donors (Lipinski definition) is 1. The smallest absolute Gasteiger partial charge is 0.356 e. The highest BCUT2D eigenvalue weighted by molar-refractivity contribution is 6.06. The van der Waals surface area contributed by atoms with Gasteiger partial charge in [0.2, 0.25) is 0 Å². The lowest BCUT2D eigenvalue weighted by molar-refractivity contribution is 0.0594. The Hall–Kier alpha value is -2.69. The largest absolute Gasteiger partial charge is 0.464 e. The van der Waals surface area contributed by atoms with E-state index in [1.54, 1.807) is 6.07 Å². The number of hydrogen-bond acceptors (Lipinski definition) is 4. The molecule has 0 aliphatic heterocycles. The zero-order valence-corrected chi connectivity index (χ0v) is 10.1. The zero-order valence-electron chi connectivity index (χ0n) is 10.1. The predicted molar refractivity (Wildman–Crippen MR) is 71.2 cm³/mol. The van der Waals surface area contributed by atoms with Crippen LogP contribution in [0.4, 0.5) is 0 Å². The van der Waals surface area contributed by atoms with Crippen LogP contribution in [0.15, 0.2) is 41.3 Å². The first-order valence-corrected chi connectivity index (χ1v) is 5.70. The van der Waals surface area contributed by atoms with Gasteiger partial charge >= 0.3 is 5.97 Å². The van der Waals surface area contributed by atoms with E-state index >= 15 is 0 Å². The van der Waals surface area contributed by atoms with Gasteiger partial charge in [0.25, 0.3) is 5.56 Å². The number of rotatable bonds is 1. The van der Waals surface area contributed by atoms with Gasteiger partial charge < -0.3 is 9.72 Å². The monoisotopic (exact) mass is 254 g/mol. The number of methoxy groups -OCH3 is 1. The fourth-order valence-corrected chi connectivity index (χ4v) is 2.09. The van der Waals surface area contributed by atoms with Crippen LogP contribution in [0.1, 0.15) is 10.5 Å². The van der Waals surface area contributed by atoms with Gasteiger partial charge in [0.15, 0.2) is 0 Å². The Balaban J connectivity index is 2.46. The number of esters is 1. The SMILES string of the molecule is COC(=O)c1cc2c(cn1)c(=O)[nH]c1ccccc12. The molecule has 0 saturated heterocycles. The number of para-hydroxylation sites is 1. The summed E-state index contributed by atoms with van der Waals surface area (Å²) < 4.78 is 4.64. The Kier molecular flexibility index (Phi) is 2.52. The summed E-state index contributed by atoms with van der Waals surface area (Å²) in [4.78, 5) is 30.2. The standard InChI is InChI=1S/C14H10N2O3/c1-19-14(18)12-6-9-8-4-2-3-5-11(8)16-13(17)10(9)7-15-12/h2-7H,1H3,(H,16,17). The number of nitrogens with zero attached hydrogens (tertiary/aromatic N) is 1. The molecule has 2 heterocycles. The minimum atomic E-state index is -0.522. The summed E-state index contributed by atoms with van der Waals surface area (Å²) in [6.45, 7) is 0. The molecule has 0 unspecified atom stereocenters. The maximum Gasteiger partial charge on any atom is 0.356 e. The summed E-state index contributed by atoms with van der Waals surface area (Å²) in [5.74, 6) is -0.522. The molecule has 94 valence electrons. The first-order valence-electron chi connectivity index (χ1n) is 5.70. The van der Waals surface area contributed by atoms with Crippen molar-refractivity contribution in [1.82, 2.24) is 9.97 Å². The molecule has 0 spiro atoms. The molecular formula is C14H10N2O3. The van der Waals surface area contributed by atoms with E-state index in [4.69, 9.17) is 0 Å². The van der Waals surface area contributed by atoms with Crippen molar-refractivity contribution in [3.05, 3.63) is 52.6 Å². The molecule has 0 amide bonds. The summed E-state index contributed by atoms with van der Waals surface area (Å²) in [5.41, 5.74) is 0.686. The van der Waals surface area contributed by atoms with Crippen molar-refractivity contribution < 1.29 is 9.53 Å². The third kappa shape index (κ3) is 1.76. The van der Waals surface area contributed by atoms with Gasteiger partial charge in [0.05, 0.1) is 12.5 Å². The Morgan fingerprint density at radius 1 is 1.21 bits per heavy atom. The van der Waals surface area contributed by atoms with Crippen LogP contribution in [-0.4, -0.2) is 23.0 Å². The summed E-state index contributed by atoms with van der Waals surface area (Å²) in [6.07, 6.45) is 1.40. The molecule has 5 nitrogen and oxygen atoms in total. The van der Waals surface area contributed by atoms with Gasteiger partial charge in [0.1, 0.15) is 5.69 Å². The second-order valence-electron chi connectivity index (χ2n) is 4.11. The number of pyridine rings is 2. The molecule has 0 atom stereocenters. The van der Waals surface area contributed by atoms with Gasteiger partial charge in [-0.05, 0) is 12.1 Å². The van der Waals surface area contributed by atoms with Crippen molar-refractivity contribution in [2.45, 2.75) is 0 Å². The van der Waals surface area contributed by atoms with Crippen LogP contribution in [0.2, 0.25) is 0 Å².